The summed E-state index contributed by atoms with van der Waals surface area (Å²) in [6, 6.07) is 9.28. The predicted molar refractivity (Wildman–Crippen MR) is 59.4 cm³/mol. The number of hydrogen-bond donors (Lipinski definition) is 2. The van der Waals surface area contributed by atoms with Crippen molar-refractivity contribution in [3.63, 3.8) is 0 Å². The number of carbonyl (C=O) groups excluding carboxylic acids is 1. The van der Waals surface area contributed by atoms with Crippen molar-refractivity contribution in [1.82, 2.24) is 5.32 Å². The highest BCUT2D eigenvalue weighted by Gasteiger charge is 2.11. The molecule has 0 spiro atoms. The monoisotopic (exact) mass is 214 g/mol. The molecular formula is C10H15ClN2O. The summed E-state index contributed by atoms with van der Waals surface area (Å²) in [5.74, 6) is -0.121. The molecule has 0 aliphatic rings. The lowest BCUT2D eigenvalue weighted by Crippen LogP contribution is -2.40. The minimum absolute atomic E-state index is 0. The van der Waals surface area contributed by atoms with E-state index in [1.165, 1.54) is 0 Å². The maximum absolute atomic E-state index is 11.1. The fraction of sp³-hybridized carbons (Fsp3) is 0.300. The van der Waals surface area contributed by atoms with Gasteiger partial charge in [0.25, 0.3) is 0 Å². The van der Waals surface area contributed by atoms with Gasteiger partial charge in [-0.05, 0) is 12.0 Å². The molecule has 0 aromatic heterocycles. The van der Waals surface area contributed by atoms with Crippen molar-refractivity contribution in [3.8, 4) is 0 Å². The SMILES string of the molecule is CNC(=O)[C@H](N)Cc1ccccc1.Cl. The summed E-state index contributed by atoms with van der Waals surface area (Å²) in [4.78, 5) is 11.1. The first kappa shape index (κ1) is 12.9. The second-order valence-corrected chi connectivity index (χ2v) is 2.91. The second kappa shape index (κ2) is 6.40. The van der Waals surface area contributed by atoms with Gasteiger partial charge in [-0.15, -0.1) is 12.4 Å². The highest BCUT2D eigenvalue weighted by Crippen LogP contribution is 2.01. The van der Waals surface area contributed by atoms with Crippen molar-refractivity contribution >= 4 is 18.3 Å². The number of likely N-dealkylation sites (N-methyl/N-ethyl adjacent to an activating group) is 1. The lowest BCUT2D eigenvalue weighted by Gasteiger charge is -2.09. The quantitative estimate of drug-likeness (QED) is 0.779. The van der Waals surface area contributed by atoms with E-state index in [-0.39, 0.29) is 18.3 Å². The Morgan fingerprint density at radius 2 is 2.00 bits per heavy atom. The molecule has 0 unspecified atom stereocenters. The van der Waals surface area contributed by atoms with Gasteiger partial charge in [-0.2, -0.15) is 0 Å². The number of hydrogen-bond acceptors (Lipinski definition) is 2. The van der Waals surface area contributed by atoms with Crippen LogP contribution in [0.15, 0.2) is 30.3 Å². The molecule has 3 N–H and O–H groups in total. The number of benzene rings is 1. The molecule has 1 rings (SSSR count). The first-order valence-electron chi connectivity index (χ1n) is 4.25. The number of nitrogens with one attached hydrogen (secondary N) is 1. The van der Waals surface area contributed by atoms with Crippen molar-refractivity contribution in [2.24, 2.45) is 5.73 Å². The van der Waals surface area contributed by atoms with Gasteiger partial charge in [-0.25, -0.2) is 0 Å². The maximum atomic E-state index is 11.1. The number of carbonyl (C=O) groups is 1. The van der Waals surface area contributed by atoms with E-state index in [0.717, 1.165) is 5.56 Å². The Morgan fingerprint density at radius 3 is 2.50 bits per heavy atom. The van der Waals surface area contributed by atoms with E-state index in [9.17, 15) is 4.79 Å². The molecule has 0 heterocycles. The maximum Gasteiger partial charge on any atom is 0.237 e. The van der Waals surface area contributed by atoms with Gasteiger partial charge in [0.2, 0.25) is 5.91 Å². The number of amides is 1. The third-order valence-corrected chi connectivity index (χ3v) is 1.88. The van der Waals surface area contributed by atoms with Gasteiger partial charge in [-0.1, -0.05) is 30.3 Å². The van der Waals surface area contributed by atoms with E-state index in [4.69, 9.17) is 5.73 Å². The topological polar surface area (TPSA) is 55.1 Å². The number of rotatable bonds is 3. The molecule has 0 saturated carbocycles. The average molecular weight is 215 g/mol. The predicted octanol–water partition coefficient (Wildman–Crippen LogP) is 0.724. The first-order valence-corrected chi connectivity index (χ1v) is 4.25. The lowest BCUT2D eigenvalue weighted by atomic mass is 10.1. The highest BCUT2D eigenvalue weighted by molar-refractivity contribution is 5.85. The smallest absolute Gasteiger partial charge is 0.237 e. The van der Waals surface area contributed by atoms with Crippen LogP contribution >= 0.6 is 12.4 Å². The van der Waals surface area contributed by atoms with Crippen molar-refractivity contribution in [2.75, 3.05) is 7.05 Å². The van der Waals surface area contributed by atoms with Crippen molar-refractivity contribution in [2.45, 2.75) is 12.5 Å². The zero-order valence-corrected chi connectivity index (χ0v) is 8.88. The Kier molecular flexibility index (Phi) is 5.92. The largest absolute Gasteiger partial charge is 0.358 e. The molecule has 1 aromatic carbocycles. The van der Waals surface area contributed by atoms with E-state index >= 15 is 0 Å². The van der Waals surface area contributed by atoms with E-state index in [1.807, 2.05) is 30.3 Å². The lowest BCUT2D eigenvalue weighted by molar-refractivity contribution is -0.121. The van der Waals surface area contributed by atoms with Crippen LogP contribution in [0.4, 0.5) is 0 Å². The molecule has 0 bridgehead atoms. The Balaban J connectivity index is 0.00000169. The number of nitrogens with two attached hydrogens (primary N) is 1. The third kappa shape index (κ3) is 3.77. The molecule has 3 nitrogen and oxygen atoms in total. The summed E-state index contributed by atoms with van der Waals surface area (Å²) in [5, 5.41) is 2.52. The Morgan fingerprint density at radius 1 is 1.43 bits per heavy atom. The fourth-order valence-corrected chi connectivity index (χ4v) is 1.15. The summed E-state index contributed by atoms with van der Waals surface area (Å²) in [7, 11) is 1.59. The summed E-state index contributed by atoms with van der Waals surface area (Å²) < 4.78 is 0. The molecule has 0 aliphatic heterocycles. The average Bonchev–Trinajstić information content (AvgIpc) is 2.18. The molecular weight excluding hydrogens is 200 g/mol. The zero-order chi connectivity index (χ0) is 9.68. The normalized spacial score (nSPS) is 11.3. The molecule has 14 heavy (non-hydrogen) atoms. The minimum Gasteiger partial charge on any atom is -0.358 e. The van der Waals surface area contributed by atoms with Crippen LogP contribution < -0.4 is 11.1 Å². The molecule has 0 saturated heterocycles. The summed E-state index contributed by atoms with van der Waals surface area (Å²) >= 11 is 0. The van der Waals surface area contributed by atoms with E-state index in [1.54, 1.807) is 7.05 Å². The molecule has 1 amide bonds. The van der Waals surface area contributed by atoms with Gasteiger partial charge < -0.3 is 11.1 Å². The van der Waals surface area contributed by atoms with Crippen molar-refractivity contribution in [1.29, 1.82) is 0 Å². The van der Waals surface area contributed by atoms with Crippen molar-refractivity contribution in [3.05, 3.63) is 35.9 Å². The second-order valence-electron chi connectivity index (χ2n) is 2.91. The van der Waals surface area contributed by atoms with Crippen LogP contribution in [-0.2, 0) is 11.2 Å². The Hall–Kier alpha value is -1.06. The summed E-state index contributed by atoms with van der Waals surface area (Å²) in [6.45, 7) is 0. The number of halogens is 1. The molecule has 0 fully saturated rings. The first-order chi connectivity index (χ1) is 6.24. The summed E-state index contributed by atoms with van der Waals surface area (Å²) in [6.07, 6.45) is 0.584. The van der Waals surface area contributed by atoms with E-state index in [0.29, 0.717) is 6.42 Å². The molecule has 4 heteroatoms. The Labute approximate surface area is 90.1 Å². The van der Waals surface area contributed by atoms with Crippen molar-refractivity contribution < 1.29 is 4.79 Å². The third-order valence-electron chi connectivity index (χ3n) is 1.88. The van der Waals surface area contributed by atoms with Gasteiger partial charge in [0.15, 0.2) is 0 Å². The highest BCUT2D eigenvalue weighted by atomic mass is 35.5. The van der Waals surface area contributed by atoms with Gasteiger partial charge in [0, 0.05) is 7.05 Å². The molecule has 1 atom stereocenters. The molecule has 0 radical (unpaired) electrons. The molecule has 78 valence electrons. The Bertz CT molecular complexity index is 277. The van der Waals surface area contributed by atoms with Crippen LogP contribution in [-0.4, -0.2) is 19.0 Å². The van der Waals surface area contributed by atoms with E-state index < -0.39 is 6.04 Å². The fourth-order valence-electron chi connectivity index (χ4n) is 1.15. The van der Waals surface area contributed by atoms with Crippen LogP contribution in [0.3, 0.4) is 0 Å². The van der Waals surface area contributed by atoms with Crippen LogP contribution in [0.25, 0.3) is 0 Å². The van der Waals surface area contributed by atoms with Gasteiger partial charge >= 0.3 is 0 Å². The summed E-state index contributed by atoms with van der Waals surface area (Å²) in [5.41, 5.74) is 6.73. The standard InChI is InChI=1S/C10H14N2O.ClH/c1-12-10(13)9(11)7-8-5-3-2-4-6-8;/h2-6,9H,7,11H2,1H3,(H,12,13);1H/t9-;/m1./s1. The minimum atomic E-state index is -0.451. The van der Waals surface area contributed by atoms with Gasteiger partial charge in [0.1, 0.15) is 0 Å². The van der Waals surface area contributed by atoms with Crippen LogP contribution in [0.1, 0.15) is 5.56 Å². The van der Waals surface area contributed by atoms with Crippen LogP contribution in [0.5, 0.6) is 0 Å². The van der Waals surface area contributed by atoms with Crippen LogP contribution in [0, 0.1) is 0 Å². The molecule has 1 aromatic rings. The van der Waals surface area contributed by atoms with Crippen LogP contribution in [0.2, 0.25) is 0 Å². The van der Waals surface area contributed by atoms with Gasteiger partial charge in [-0.3, -0.25) is 4.79 Å². The van der Waals surface area contributed by atoms with Gasteiger partial charge in [0.05, 0.1) is 6.04 Å². The van der Waals surface area contributed by atoms with E-state index in [2.05, 4.69) is 5.32 Å². The zero-order valence-electron chi connectivity index (χ0n) is 8.07. The molecule has 0 aliphatic carbocycles.